The fraction of sp³-hybridized carbons (Fsp3) is 0. The van der Waals surface area contributed by atoms with E-state index in [9.17, 15) is 9.50 Å². The lowest BCUT2D eigenvalue weighted by atomic mass is 10.0. The number of phenolic OH excluding ortho intramolecular Hbond substituents is 1. The number of hydrogen-bond acceptors (Lipinski definition) is 3. The molecule has 0 fully saturated rings. The number of aromatic hydroxyl groups is 1. The maximum absolute atomic E-state index is 14.3. The Hall–Kier alpha value is -3.03. The highest BCUT2D eigenvalue weighted by Crippen LogP contribution is 2.44. The van der Waals surface area contributed by atoms with Crippen molar-refractivity contribution >= 4 is 33.5 Å². The van der Waals surface area contributed by atoms with Gasteiger partial charge in [0.15, 0.2) is 11.6 Å². The van der Waals surface area contributed by atoms with Crippen molar-refractivity contribution in [1.29, 1.82) is 5.26 Å². The summed E-state index contributed by atoms with van der Waals surface area (Å²) in [6, 6.07) is 15.0. The molecule has 0 saturated carbocycles. The second-order valence-electron chi connectivity index (χ2n) is 5.36. The quantitative estimate of drug-likeness (QED) is 0.490. The first-order chi connectivity index (χ1) is 11.6. The number of nitrogens with zero attached hydrogens (tertiary/aromatic N) is 1. The smallest absolute Gasteiger partial charge is 0.166 e. The van der Waals surface area contributed by atoms with Crippen LogP contribution in [0.25, 0.3) is 33.1 Å². The molecule has 1 N–H and O–H groups in total. The maximum atomic E-state index is 14.3. The summed E-state index contributed by atoms with van der Waals surface area (Å²) in [5.74, 6) is -1.29. The van der Waals surface area contributed by atoms with Crippen molar-refractivity contribution in [2.45, 2.75) is 0 Å². The fourth-order valence-electron chi connectivity index (χ4n) is 2.85. The van der Waals surface area contributed by atoms with Gasteiger partial charge in [-0.05, 0) is 30.3 Å². The number of benzene rings is 3. The van der Waals surface area contributed by atoms with Gasteiger partial charge in [0.25, 0.3) is 0 Å². The van der Waals surface area contributed by atoms with Gasteiger partial charge in [-0.1, -0.05) is 29.8 Å². The van der Waals surface area contributed by atoms with Crippen LogP contribution < -0.4 is 0 Å². The van der Waals surface area contributed by atoms with Crippen molar-refractivity contribution < 1.29 is 13.9 Å². The molecule has 0 saturated heterocycles. The lowest BCUT2D eigenvalue weighted by molar-refractivity contribution is 0.434. The third-order valence-electron chi connectivity index (χ3n) is 3.96. The molecule has 1 aromatic heterocycles. The summed E-state index contributed by atoms with van der Waals surface area (Å²) in [7, 11) is 0. The van der Waals surface area contributed by atoms with Crippen molar-refractivity contribution in [3.05, 3.63) is 64.9 Å². The molecule has 0 radical (unpaired) electrons. The molecule has 0 amide bonds. The summed E-state index contributed by atoms with van der Waals surface area (Å²) >= 11 is 6.21. The summed E-state index contributed by atoms with van der Waals surface area (Å²) in [5.41, 5.74) is 1.94. The normalized spacial score (nSPS) is 11.0. The van der Waals surface area contributed by atoms with E-state index in [-0.39, 0.29) is 5.56 Å². The van der Waals surface area contributed by atoms with Gasteiger partial charge in [0, 0.05) is 21.4 Å². The van der Waals surface area contributed by atoms with Gasteiger partial charge >= 0.3 is 0 Å². The second kappa shape index (κ2) is 5.26. The van der Waals surface area contributed by atoms with Crippen molar-refractivity contribution in [2.24, 2.45) is 0 Å². The van der Waals surface area contributed by atoms with E-state index in [4.69, 9.17) is 21.3 Å². The van der Waals surface area contributed by atoms with Gasteiger partial charge in [0.05, 0.1) is 17.2 Å². The topological polar surface area (TPSA) is 57.2 Å². The fourth-order valence-corrected chi connectivity index (χ4v) is 3.08. The highest BCUT2D eigenvalue weighted by atomic mass is 35.5. The molecule has 0 aliphatic carbocycles. The lowest BCUT2D eigenvalue weighted by Crippen LogP contribution is -1.86. The Bertz CT molecular complexity index is 1160. The number of furan rings is 1. The van der Waals surface area contributed by atoms with Gasteiger partial charge in [-0.15, -0.1) is 0 Å². The van der Waals surface area contributed by atoms with Gasteiger partial charge < -0.3 is 9.52 Å². The van der Waals surface area contributed by atoms with Gasteiger partial charge in [-0.3, -0.25) is 0 Å². The summed E-state index contributed by atoms with van der Waals surface area (Å²) in [4.78, 5) is 0. The van der Waals surface area contributed by atoms with Gasteiger partial charge in [-0.25, -0.2) is 4.39 Å². The van der Waals surface area contributed by atoms with Crippen molar-refractivity contribution in [2.75, 3.05) is 0 Å². The molecule has 0 aliphatic rings. The SMILES string of the molecule is N#Cc1ccc2oc3c(-c4ccccc4Cl)c(O)c(F)cc3c2c1. The molecule has 116 valence electrons. The Morgan fingerprint density at radius 1 is 1.08 bits per heavy atom. The minimum atomic E-state index is -0.775. The summed E-state index contributed by atoms with van der Waals surface area (Å²) in [6.45, 7) is 0. The van der Waals surface area contributed by atoms with E-state index in [1.54, 1.807) is 42.5 Å². The standard InChI is InChI=1S/C19H9ClFNO2/c20-14-4-2-1-3-11(14)17-18(23)15(21)8-13-12-7-10(9-22)5-6-16(12)24-19(13)17/h1-8,23H. The molecular weight excluding hydrogens is 329 g/mol. The Morgan fingerprint density at radius 3 is 2.62 bits per heavy atom. The van der Waals surface area contributed by atoms with Crippen LogP contribution in [0.4, 0.5) is 4.39 Å². The molecule has 0 spiro atoms. The lowest BCUT2D eigenvalue weighted by Gasteiger charge is -2.08. The third kappa shape index (κ3) is 2.03. The Kier molecular flexibility index (Phi) is 3.19. The first-order valence-electron chi connectivity index (χ1n) is 7.13. The highest BCUT2D eigenvalue weighted by molar-refractivity contribution is 6.34. The highest BCUT2D eigenvalue weighted by Gasteiger charge is 2.21. The first kappa shape index (κ1) is 14.6. The molecule has 5 heteroatoms. The number of hydrogen-bond donors (Lipinski definition) is 1. The van der Waals surface area contributed by atoms with E-state index < -0.39 is 11.6 Å². The molecule has 3 nitrogen and oxygen atoms in total. The zero-order chi connectivity index (χ0) is 16.8. The Labute approximate surface area is 141 Å². The minimum Gasteiger partial charge on any atom is -0.504 e. The van der Waals surface area contributed by atoms with Gasteiger partial charge in [-0.2, -0.15) is 5.26 Å². The average molecular weight is 338 g/mol. The third-order valence-corrected chi connectivity index (χ3v) is 4.29. The van der Waals surface area contributed by atoms with Crippen LogP contribution in [0.5, 0.6) is 5.75 Å². The van der Waals surface area contributed by atoms with Gasteiger partial charge in [0.1, 0.15) is 11.2 Å². The monoisotopic (exact) mass is 337 g/mol. The molecule has 0 atom stereocenters. The van der Waals surface area contributed by atoms with Crippen molar-refractivity contribution in [3.63, 3.8) is 0 Å². The summed E-state index contributed by atoms with van der Waals surface area (Å²) in [6.07, 6.45) is 0. The van der Waals surface area contributed by atoms with Gasteiger partial charge in [0.2, 0.25) is 0 Å². The van der Waals surface area contributed by atoms with Crippen LogP contribution in [0.15, 0.2) is 52.9 Å². The maximum Gasteiger partial charge on any atom is 0.166 e. The molecule has 4 aromatic rings. The minimum absolute atomic E-state index is 0.199. The Balaban J connectivity index is 2.19. The van der Waals surface area contributed by atoms with Crippen LogP contribution in [0.1, 0.15) is 5.56 Å². The summed E-state index contributed by atoms with van der Waals surface area (Å²) < 4.78 is 20.1. The Morgan fingerprint density at radius 2 is 1.88 bits per heavy atom. The largest absolute Gasteiger partial charge is 0.504 e. The molecular formula is C19H9ClFNO2. The number of halogens is 2. The first-order valence-corrected chi connectivity index (χ1v) is 7.50. The predicted octanol–water partition coefficient (Wildman–Crippen LogP) is 5.62. The van der Waals surface area contributed by atoms with E-state index >= 15 is 0 Å². The van der Waals surface area contributed by atoms with E-state index in [0.717, 1.165) is 0 Å². The second-order valence-corrected chi connectivity index (χ2v) is 5.77. The number of nitriles is 1. The van der Waals surface area contributed by atoms with E-state index in [1.165, 1.54) is 6.07 Å². The molecule has 1 heterocycles. The zero-order valence-electron chi connectivity index (χ0n) is 12.2. The van der Waals surface area contributed by atoms with Crippen molar-refractivity contribution in [1.82, 2.24) is 0 Å². The van der Waals surface area contributed by atoms with Crippen molar-refractivity contribution in [3.8, 4) is 22.9 Å². The van der Waals surface area contributed by atoms with Crippen LogP contribution in [-0.2, 0) is 0 Å². The van der Waals surface area contributed by atoms with Crippen LogP contribution >= 0.6 is 11.6 Å². The molecule has 3 aromatic carbocycles. The van der Waals surface area contributed by atoms with Crippen LogP contribution in [0, 0.1) is 17.1 Å². The molecule has 0 aliphatic heterocycles. The zero-order valence-corrected chi connectivity index (χ0v) is 12.9. The number of phenols is 1. The summed E-state index contributed by atoms with van der Waals surface area (Å²) in [5, 5.41) is 20.8. The van der Waals surface area contributed by atoms with Crippen LogP contribution in [-0.4, -0.2) is 5.11 Å². The van der Waals surface area contributed by atoms with E-state index in [1.807, 2.05) is 6.07 Å². The molecule has 4 rings (SSSR count). The average Bonchev–Trinajstić information content (AvgIpc) is 2.94. The molecule has 0 unspecified atom stereocenters. The van der Waals surface area contributed by atoms with E-state index in [2.05, 4.69) is 0 Å². The number of rotatable bonds is 1. The predicted molar refractivity (Wildman–Crippen MR) is 90.5 cm³/mol. The number of fused-ring (bicyclic) bond motifs is 3. The molecule has 0 bridgehead atoms. The molecule has 24 heavy (non-hydrogen) atoms. The van der Waals surface area contributed by atoms with E-state index in [0.29, 0.717) is 38.1 Å². The van der Waals surface area contributed by atoms with Crippen LogP contribution in [0.3, 0.4) is 0 Å². The van der Waals surface area contributed by atoms with Crippen LogP contribution in [0.2, 0.25) is 5.02 Å².